The molecule has 0 aliphatic heterocycles. The summed E-state index contributed by atoms with van der Waals surface area (Å²) in [7, 11) is 0. The second-order valence-electron chi connectivity index (χ2n) is 16.0. The number of rotatable bonds is 2. The zero-order chi connectivity index (χ0) is 36.8. The molecule has 0 saturated heterocycles. The van der Waals surface area contributed by atoms with Crippen LogP contribution < -0.4 is 0 Å². The Morgan fingerprint density at radius 1 is 0.232 bits per heavy atom. The lowest BCUT2D eigenvalue weighted by Crippen LogP contribution is -1.97. The molecule has 258 valence electrons. The van der Waals surface area contributed by atoms with E-state index in [1.807, 2.05) is 0 Å². The fourth-order valence-electron chi connectivity index (χ4n) is 10.7. The smallest absolute Gasteiger partial charge is 0.000708 e. The molecule has 0 saturated carbocycles. The van der Waals surface area contributed by atoms with E-state index in [0.717, 1.165) is 0 Å². The SMILES string of the molecule is Cc1ccccc1-c1c2c(c(-c3ccccc3C)c3cc4c5cc6ccccc6cc5c5ccccc5c4cc13)-c1ccc3ccc4cccc5cc-2c1c3c45. The van der Waals surface area contributed by atoms with Crippen molar-refractivity contribution in [2.24, 2.45) is 0 Å². The van der Waals surface area contributed by atoms with Gasteiger partial charge in [0.1, 0.15) is 0 Å². The van der Waals surface area contributed by atoms with Gasteiger partial charge in [-0.25, -0.2) is 0 Å². The summed E-state index contributed by atoms with van der Waals surface area (Å²) in [5.74, 6) is 0. The van der Waals surface area contributed by atoms with E-state index in [-0.39, 0.29) is 0 Å². The Morgan fingerprint density at radius 2 is 0.696 bits per heavy atom. The lowest BCUT2D eigenvalue weighted by Gasteiger charge is -2.23. The highest BCUT2D eigenvalue weighted by Gasteiger charge is 2.33. The van der Waals surface area contributed by atoms with Gasteiger partial charge in [-0.05, 0) is 186 Å². The lowest BCUT2D eigenvalue weighted by molar-refractivity contribution is 1.46. The monoisotopic (exact) mass is 706 g/mol. The Balaban J connectivity index is 1.33. The first-order valence-corrected chi connectivity index (χ1v) is 19.8. The maximum atomic E-state index is 2.56. The van der Waals surface area contributed by atoms with Crippen LogP contribution in [-0.4, -0.2) is 0 Å². The highest BCUT2D eigenvalue weighted by molar-refractivity contribution is 6.37. The molecule has 13 rings (SSSR count). The number of aryl methyl sites for hydroxylation is 2. The molecule has 0 amide bonds. The Kier molecular flexibility index (Phi) is 5.85. The molecule has 0 spiro atoms. The standard InChI is InChI=1S/C56H34/c1-31-12-3-7-18-38(31)52-48-30-46-44-27-36-15-6-5-14-35(36)26-43(44)40-20-9-10-21-41(40)45(46)29-47(48)53(39-19-8-4-13-32(39)2)56-49-28-37-17-11-16-33-22-23-34-24-25-42(55(52)56)54(49)51(34)50(33)37/h3-30H,1-2H3. The first kappa shape index (κ1) is 30.3. The number of hydrogen-bond donors (Lipinski definition) is 0. The molecule has 0 bridgehead atoms. The van der Waals surface area contributed by atoms with Crippen LogP contribution >= 0.6 is 0 Å². The first-order chi connectivity index (χ1) is 27.6. The van der Waals surface area contributed by atoms with Crippen molar-refractivity contribution < 1.29 is 0 Å². The third-order valence-corrected chi connectivity index (χ3v) is 13.1. The highest BCUT2D eigenvalue weighted by Crippen LogP contribution is 2.60. The first-order valence-electron chi connectivity index (χ1n) is 19.8. The summed E-state index contributed by atoms with van der Waals surface area (Å²) in [6.45, 7) is 4.56. The Hall–Kier alpha value is -7.02. The molecule has 0 heterocycles. The van der Waals surface area contributed by atoms with Crippen LogP contribution in [0.4, 0.5) is 0 Å². The minimum Gasteiger partial charge on any atom is -0.0620 e. The Bertz CT molecular complexity index is 3710. The van der Waals surface area contributed by atoms with Gasteiger partial charge in [-0.2, -0.15) is 0 Å². The van der Waals surface area contributed by atoms with Gasteiger partial charge < -0.3 is 0 Å². The van der Waals surface area contributed by atoms with Gasteiger partial charge in [0.2, 0.25) is 0 Å². The van der Waals surface area contributed by atoms with Gasteiger partial charge in [-0.15, -0.1) is 0 Å². The predicted molar refractivity (Wildman–Crippen MR) is 242 cm³/mol. The fraction of sp³-hybridized carbons (Fsp3) is 0.0357. The molecule has 0 radical (unpaired) electrons. The normalized spacial score (nSPS) is 12.5. The molecule has 0 nitrogen and oxygen atoms in total. The fourth-order valence-corrected chi connectivity index (χ4v) is 10.7. The second kappa shape index (κ2) is 10.8. The van der Waals surface area contributed by atoms with Gasteiger partial charge in [-0.1, -0.05) is 140 Å². The van der Waals surface area contributed by atoms with Gasteiger partial charge in [0.05, 0.1) is 0 Å². The van der Waals surface area contributed by atoms with E-state index in [1.165, 1.54) is 142 Å². The van der Waals surface area contributed by atoms with E-state index in [4.69, 9.17) is 0 Å². The predicted octanol–water partition coefficient (Wildman–Crippen LogP) is 15.9. The number of fused-ring (bicyclic) bond motifs is 11. The molecule has 0 N–H and O–H groups in total. The van der Waals surface area contributed by atoms with Crippen LogP contribution in [0.3, 0.4) is 0 Å². The molecule has 0 aromatic heterocycles. The second-order valence-corrected chi connectivity index (χ2v) is 16.0. The van der Waals surface area contributed by atoms with Crippen LogP contribution in [0.15, 0.2) is 170 Å². The number of hydrogen-bond acceptors (Lipinski definition) is 0. The van der Waals surface area contributed by atoms with E-state index in [9.17, 15) is 0 Å². The van der Waals surface area contributed by atoms with E-state index in [2.05, 4.69) is 184 Å². The minimum atomic E-state index is 1.27. The van der Waals surface area contributed by atoms with E-state index in [1.54, 1.807) is 0 Å². The zero-order valence-electron chi connectivity index (χ0n) is 31.2. The molecular weight excluding hydrogens is 673 g/mol. The number of benzene rings is 12. The van der Waals surface area contributed by atoms with Gasteiger partial charge in [0, 0.05) is 0 Å². The van der Waals surface area contributed by atoms with Crippen molar-refractivity contribution in [3.8, 4) is 44.5 Å². The maximum Gasteiger partial charge on any atom is -0.000708 e. The molecular formula is C56H34. The molecule has 1 aliphatic carbocycles. The average Bonchev–Trinajstić information content (AvgIpc) is 3.56. The van der Waals surface area contributed by atoms with Crippen molar-refractivity contribution in [2.75, 3.05) is 0 Å². The molecule has 56 heavy (non-hydrogen) atoms. The summed E-state index contributed by atoms with van der Waals surface area (Å²) in [5, 5.41) is 21.0. The average molecular weight is 707 g/mol. The summed E-state index contributed by atoms with van der Waals surface area (Å²) in [4.78, 5) is 0. The van der Waals surface area contributed by atoms with Crippen molar-refractivity contribution in [1.29, 1.82) is 0 Å². The Labute approximate surface area is 324 Å². The van der Waals surface area contributed by atoms with Crippen molar-refractivity contribution in [1.82, 2.24) is 0 Å². The molecule has 0 atom stereocenters. The lowest BCUT2D eigenvalue weighted by atomic mass is 9.79. The molecule has 12 aromatic carbocycles. The van der Waals surface area contributed by atoms with E-state index >= 15 is 0 Å². The molecule has 12 aromatic rings. The molecule has 1 aliphatic rings. The summed E-state index contributed by atoms with van der Waals surface area (Å²) >= 11 is 0. The summed E-state index contributed by atoms with van der Waals surface area (Å²) in [6, 6.07) is 64.6. The zero-order valence-corrected chi connectivity index (χ0v) is 31.2. The van der Waals surface area contributed by atoms with Gasteiger partial charge >= 0.3 is 0 Å². The topological polar surface area (TPSA) is 0 Å². The van der Waals surface area contributed by atoms with E-state index in [0.29, 0.717) is 0 Å². The van der Waals surface area contributed by atoms with E-state index < -0.39 is 0 Å². The Morgan fingerprint density at radius 3 is 1.34 bits per heavy atom. The van der Waals surface area contributed by atoms with Crippen LogP contribution in [0.25, 0.3) is 131 Å². The summed E-state index contributed by atoms with van der Waals surface area (Å²) in [5.41, 5.74) is 13.2. The third-order valence-electron chi connectivity index (χ3n) is 13.1. The molecule has 0 fully saturated rings. The van der Waals surface area contributed by atoms with Gasteiger partial charge in [0.15, 0.2) is 0 Å². The van der Waals surface area contributed by atoms with Crippen LogP contribution in [-0.2, 0) is 0 Å². The highest BCUT2D eigenvalue weighted by atomic mass is 14.4. The van der Waals surface area contributed by atoms with Crippen molar-refractivity contribution in [2.45, 2.75) is 13.8 Å². The summed E-state index contributed by atoms with van der Waals surface area (Å²) < 4.78 is 0. The third kappa shape index (κ3) is 3.83. The van der Waals surface area contributed by atoms with Crippen LogP contribution in [0, 0.1) is 13.8 Å². The molecule has 0 heteroatoms. The van der Waals surface area contributed by atoms with Crippen molar-refractivity contribution >= 4 is 86.2 Å². The van der Waals surface area contributed by atoms with Crippen molar-refractivity contribution in [3.05, 3.63) is 181 Å². The van der Waals surface area contributed by atoms with Crippen LogP contribution in [0.1, 0.15) is 11.1 Å². The van der Waals surface area contributed by atoms with Crippen molar-refractivity contribution in [3.63, 3.8) is 0 Å². The minimum absolute atomic E-state index is 1.27. The summed E-state index contributed by atoms with van der Waals surface area (Å²) in [6.07, 6.45) is 0. The molecule has 0 unspecified atom stereocenters. The van der Waals surface area contributed by atoms with Gasteiger partial charge in [0.25, 0.3) is 0 Å². The quantitative estimate of drug-likeness (QED) is 0.124. The maximum absolute atomic E-state index is 2.56. The largest absolute Gasteiger partial charge is 0.0620 e. The van der Waals surface area contributed by atoms with Crippen LogP contribution in [0.5, 0.6) is 0 Å². The van der Waals surface area contributed by atoms with Crippen LogP contribution in [0.2, 0.25) is 0 Å². The van der Waals surface area contributed by atoms with Gasteiger partial charge in [-0.3, -0.25) is 0 Å².